The molecular formula is C13H13N5O2. The van der Waals surface area contributed by atoms with Crippen LogP contribution in [0.5, 0.6) is 11.5 Å². The summed E-state index contributed by atoms with van der Waals surface area (Å²) in [6, 6.07) is 6.55. The lowest BCUT2D eigenvalue weighted by Gasteiger charge is -2.10. The van der Waals surface area contributed by atoms with Gasteiger partial charge in [0.05, 0.1) is 12.3 Å². The minimum Gasteiger partial charge on any atom is -0.507 e. The van der Waals surface area contributed by atoms with Crippen LogP contribution in [0.3, 0.4) is 0 Å². The molecule has 1 heterocycles. The molecule has 1 aromatic heterocycles. The van der Waals surface area contributed by atoms with Gasteiger partial charge in [-0.25, -0.2) is 4.98 Å². The Morgan fingerprint density at radius 3 is 2.75 bits per heavy atom. The van der Waals surface area contributed by atoms with Gasteiger partial charge in [-0.1, -0.05) is 0 Å². The molecular weight excluding hydrogens is 258 g/mol. The fraction of sp³-hybridized carbons (Fsp3) is 0.154. The Bertz CT molecular complexity index is 694. The second kappa shape index (κ2) is 5.32. The normalized spacial score (nSPS) is 10.0. The number of phenols is 1. The van der Waals surface area contributed by atoms with Gasteiger partial charge in [0.1, 0.15) is 28.9 Å². The van der Waals surface area contributed by atoms with E-state index in [1.165, 1.54) is 6.07 Å². The average molecular weight is 271 g/mol. The number of phenolic OH excluding ortho intramolecular Hbond substituents is 1. The van der Waals surface area contributed by atoms with Gasteiger partial charge in [0, 0.05) is 5.56 Å². The quantitative estimate of drug-likeness (QED) is 0.766. The summed E-state index contributed by atoms with van der Waals surface area (Å²) in [6.07, 6.45) is 0. The predicted molar refractivity (Wildman–Crippen MR) is 73.8 cm³/mol. The van der Waals surface area contributed by atoms with E-state index < -0.39 is 0 Å². The van der Waals surface area contributed by atoms with Gasteiger partial charge >= 0.3 is 0 Å². The van der Waals surface area contributed by atoms with Crippen LogP contribution in [0.25, 0.3) is 11.3 Å². The molecule has 0 spiro atoms. The van der Waals surface area contributed by atoms with Crippen molar-refractivity contribution in [2.45, 2.75) is 6.92 Å². The molecule has 2 rings (SSSR count). The highest BCUT2D eigenvalue weighted by atomic mass is 16.5. The zero-order valence-corrected chi connectivity index (χ0v) is 10.8. The Labute approximate surface area is 115 Å². The van der Waals surface area contributed by atoms with E-state index in [0.717, 1.165) is 0 Å². The smallest absolute Gasteiger partial charge is 0.222 e. The molecule has 7 nitrogen and oxygen atoms in total. The van der Waals surface area contributed by atoms with Crippen LogP contribution in [0.15, 0.2) is 18.2 Å². The fourth-order valence-corrected chi connectivity index (χ4v) is 1.76. The molecule has 0 saturated heterocycles. The van der Waals surface area contributed by atoms with Crippen molar-refractivity contribution < 1.29 is 9.84 Å². The topological polar surface area (TPSA) is 131 Å². The van der Waals surface area contributed by atoms with Crippen LogP contribution in [0, 0.1) is 11.3 Å². The summed E-state index contributed by atoms with van der Waals surface area (Å²) in [5.74, 6) is 0.385. The van der Waals surface area contributed by atoms with Gasteiger partial charge in [0.25, 0.3) is 0 Å². The predicted octanol–water partition coefficient (Wildman–Crippen LogP) is 1.28. The number of benzene rings is 1. The Morgan fingerprint density at radius 1 is 1.35 bits per heavy atom. The number of ether oxygens (including phenoxy) is 1. The average Bonchev–Trinajstić information content (AvgIpc) is 2.40. The maximum atomic E-state index is 9.95. The number of nitriles is 1. The molecule has 1 aromatic carbocycles. The van der Waals surface area contributed by atoms with E-state index in [1.54, 1.807) is 12.1 Å². The first kappa shape index (κ1) is 13.4. The summed E-state index contributed by atoms with van der Waals surface area (Å²) in [4.78, 5) is 7.71. The molecule has 2 aromatic rings. The van der Waals surface area contributed by atoms with Crippen molar-refractivity contribution in [1.82, 2.24) is 9.97 Å². The third-order valence-electron chi connectivity index (χ3n) is 2.60. The number of nitrogens with two attached hydrogens (primary N) is 2. The van der Waals surface area contributed by atoms with E-state index in [-0.39, 0.29) is 28.8 Å². The van der Waals surface area contributed by atoms with Crippen molar-refractivity contribution >= 4 is 11.8 Å². The molecule has 7 heteroatoms. The third kappa shape index (κ3) is 2.40. The Balaban J connectivity index is 2.68. The highest BCUT2D eigenvalue weighted by Gasteiger charge is 2.17. The van der Waals surface area contributed by atoms with Crippen LogP contribution in [-0.2, 0) is 0 Å². The lowest BCUT2D eigenvalue weighted by Crippen LogP contribution is -2.05. The van der Waals surface area contributed by atoms with Gasteiger partial charge < -0.3 is 21.3 Å². The molecule has 20 heavy (non-hydrogen) atoms. The first-order valence-electron chi connectivity index (χ1n) is 5.86. The molecule has 5 N–H and O–H groups in total. The number of aromatic hydroxyl groups is 1. The largest absolute Gasteiger partial charge is 0.507 e. The van der Waals surface area contributed by atoms with Gasteiger partial charge in [-0.3, -0.25) is 0 Å². The third-order valence-corrected chi connectivity index (χ3v) is 2.60. The summed E-state index contributed by atoms with van der Waals surface area (Å²) < 4.78 is 5.36. The SMILES string of the molecule is CCOc1ccc(O)c(-c2nc(N)nc(N)c2C#N)c1. The van der Waals surface area contributed by atoms with Crippen LogP contribution >= 0.6 is 0 Å². The van der Waals surface area contributed by atoms with Gasteiger partial charge in [0.2, 0.25) is 5.95 Å². The summed E-state index contributed by atoms with van der Waals surface area (Å²) in [7, 11) is 0. The van der Waals surface area contributed by atoms with Gasteiger partial charge in [-0.15, -0.1) is 0 Å². The molecule has 0 aliphatic carbocycles. The molecule has 0 aliphatic heterocycles. The highest BCUT2D eigenvalue weighted by Crippen LogP contribution is 2.34. The Hall–Kier alpha value is -3.01. The number of nitrogen functional groups attached to an aromatic ring is 2. The number of hydrogen-bond acceptors (Lipinski definition) is 7. The molecule has 0 unspecified atom stereocenters. The van der Waals surface area contributed by atoms with E-state index in [0.29, 0.717) is 17.9 Å². The lowest BCUT2D eigenvalue weighted by atomic mass is 10.1. The molecule has 0 saturated carbocycles. The molecule has 0 fully saturated rings. The number of nitrogens with zero attached hydrogens (tertiary/aromatic N) is 3. The van der Waals surface area contributed by atoms with E-state index in [1.807, 2.05) is 13.0 Å². The van der Waals surface area contributed by atoms with E-state index in [9.17, 15) is 5.11 Å². The minimum absolute atomic E-state index is 0.0313. The van der Waals surface area contributed by atoms with Crippen LogP contribution in [-0.4, -0.2) is 21.7 Å². The first-order chi connectivity index (χ1) is 9.56. The molecule has 102 valence electrons. The monoisotopic (exact) mass is 271 g/mol. The second-order valence-electron chi connectivity index (χ2n) is 3.91. The summed E-state index contributed by atoms with van der Waals surface area (Å²) >= 11 is 0. The van der Waals surface area contributed by atoms with Crippen molar-refractivity contribution in [2.24, 2.45) is 0 Å². The number of aromatic nitrogens is 2. The standard InChI is InChI=1S/C13H13N5O2/c1-2-20-7-3-4-10(19)8(5-7)11-9(6-14)12(15)18-13(16)17-11/h3-5,19H,2H2,1H3,(H4,15,16,17,18). The minimum atomic E-state index is -0.0716. The second-order valence-corrected chi connectivity index (χ2v) is 3.91. The summed E-state index contributed by atoms with van der Waals surface area (Å²) in [6.45, 7) is 2.32. The van der Waals surface area contributed by atoms with Gasteiger partial charge in [0.15, 0.2) is 0 Å². The van der Waals surface area contributed by atoms with Crippen LogP contribution in [0.4, 0.5) is 11.8 Å². The zero-order chi connectivity index (χ0) is 14.7. The van der Waals surface area contributed by atoms with Crippen LogP contribution < -0.4 is 16.2 Å². The van der Waals surface area contributed by atoms with Crippen molar-refractivity contribution in [3.8, 4) is 28.8 Å². The van der Waals surface area contributed by atoms with Gasteiger partial charge in [-0.05, 0) is 25.1 Å². The summed E-state index contributed by atoms with van der Waals surface area (Å²) in [5, 5.41) is 19.1. The van der Waals surface area contributed by atoms with Crippen molar-refractivity contribution in [3.63, 3.8) is 0 Å². The Morgan fingerprint density at radius 2 is 2.10 bits per heavy atom. The maximum absolute atomic E-state index is 9.95. The highest BCUT2D eigenvalue weighted by molar-refractivity contribution is 5.77. The van der Waals surface area contributed by atoms with E-state index in [4.69, 9.17) is 21.5 Å². The van der Waals surface area contributed by atoms with Crippen molar-refractivity contribution in [1.29, 1.82) is 5.26 Å². The number of anilines is 2. The van der Waals surface area contributed by atoms with E-state index in [2.05, 4.69) is 9.97 Å². The number of hydrogen-bond donors (Lipinski definition) is 3. The zero-order valence-electron chi connectivity index (χ0n) is 10.8. The molecule has 0 aliphatic rings. The van der Waals surface area contributed by atoms with Crippen LogP contribution in [0.1, 0.15) is 12.5 Å². The van der Waals surface area contributed by atoms with Crippen molar-refractivity contribution in [3.05, 3.63) is 23.8 Å². The van der Waals surface area contributed by atoms with Crippen molar-refractivity contribution in [2.75, 3.05) is 18.1 Å². The lowest BCUT2D eigenvalue weighted by molar-refractivity contribution is 0.339. The molecule has 0 radical (unpaired) electrons. The fourth-order valence-electron chi connectivity index (χ4n) is 1.76. The van der Waals surface area contributed by atoms with Crippen LogP contribution in [0.2, 0.25) is 0 Å². The summed E-state index contributed by atoms with van der Waals surface area (Å²) in [5.41, 5.74) is 11.7. The molecule has 0 bridgehead atoms. The van der Waals surface area contributed by atoms with Gasteiger partial charge in [-0.2, -0.15) is 10.2 Å². The van der Waals surface area contributed by atoms with E-state index >= 15 is 0 Å². The Kier molecular flexibility index (Phi) is 3.57. The molecule has 0 atom stereocenters. The molecule has 0 amide bonds. The number of rotatable bonds is 3. The first-order valence-corrected chi connectivity index (χ1v) is 5.86. The maximum Gasteiger partial charge on any atom is 0.222 e.